The van der Waals surface area contributed by atoms with Gasteiger partial charge in [0.25, 0.3) is 0 Å². The molecule has 3 aliphatic rings. The zero-order valence-electron chi connectivity index (χ0n) is 13.0. The third kappa shape index (κ3) is 2.33. The molecule has 0 spiro atoms. The van der Waals surface area contributed by atoms with Crippen molar-refractivity contribution in [3.05, 3.63) is 11.3 Å². The monoisotopic (exact) mass is 322 g/mol. The Morgan fingerprint density at radius 1 is 1.52 bits per heavy atom. The van der Waals surface area contributed by atoms with Gasteiger partial charge in [0.05, 0.1) is 24.6 Å². The van der Waals surface area contributed by atoms with Gasteiger partial charge in [-0.05, 0) is 25.3 Å². The highest BCUT2D eigenvalue weighted by molar-refractivity contribution is 5.99. The van der Waals surface area contributed by atoms with Crippen molar-refractivity contribution in [1.29, 1.82) is 5.41 Å². The highest BCUT2D eigenvalue weighted by atomic mass is 16.4. The number of aliphatic carboxylic acids is 1. The summed E-state index contributed by atoms with van der Waals surface area (Å²) >= 11 is 0. The van der Waals surface area contributed by atoms with Crippen molar-refractivity contribution in [3.63, 3.8) is 0 Å². The van der Waals surface area contributed by atoms with E-state index in [4.69, 9.17) is 11.1 Å². The molecule has 0 bridgehead atoms. The molecule has 4 atom stereocenters. The van der Waals surface area contributed by atoms with Crippen LogP contribution in [-0.4, -0.2) is 69.5 Å². The molecule has 1 amide bonds. The van der Waals surface area contributed by atoms with Gasteiger partial charge in [-0.2, -0.15) is 0 Å². The van der Waals surface area contributed by atoms with Gasteiger partial charge in [-0.1, -0.05) is 0 Å². The van der Waals surface area contributed by atoms with Gasteiger partial charge in [-0.3, -0.25) is 10.2 Å². The van der Waals surface area contributed by atoms with E-state index in [2.05, 4.69) is 0 Å². The molecular weight excluding hydrogens is 300 g/mol. The van der Waals surface area contributed by atoms with Crippen molar-refractivity contribution in [3.8, 4) is 0 Å². The van der Waals surface area contributed by atoms with E-state index in [0.29, 0.717) is 25.3 Å². The maximum atomic E-state index is 12.2. The van der Waals surface area contributed by atoms with E-state index in [1.165, 1.54) is 4.90 Å². The lowest BCUT2D eigenvalue weighted by Crippen LogP contribution is -2.61. The summed E-state index contributed by atoms with van der Waals surface area (Å²) in [5.74, 6) is -1.54. The molecule has 0 radical (unpaired) electrons. The second-order valence-electron chi connectivity index (χ2n) is 6.51. The second kappa shape index (κ2) is 5.61. The molecule has 0 unspecified atom stereocenters. The number of β-lactam (4-membered cyclic amide) rings is 1. The number of carbonyl (C=O) groups excluding carboxylic acids is 1. The summed E-state index contributed by atoms with van der Waals surface area (Å²) < 4.78 is 0. The van der Waals surface area contributed by atoms with Crippen LogP contribution in [0.3, 0.4) is 0 Å². The number of nitrogens with two attached hydrogens (primary N) is 1. The zero-order chi connectivity index (χ0) is 16.9. The number of carboxylic acid groups (broad SMARTS) is 1. The first-order chi connectivity index (χ1) is 10.9. The lowest BCUT2D eigenvalue weighted by molar-refractivity contribution is -0.161. The smallest absolute Gasteiger partial charge is 0.352 e. The molecule has 8 nitrogen and oxygen atoms in total. The van der Waals surface area contributed by atoms with Crippen LogP contribution in [0.25, 0.3) is 0 Å². The van der Waals surface area contributed by atoms with Crippen LogP contribution in [0.1, 0.15) is 19.8 Å². The van der Waals surface area contributed by atoms with Crippen LogP contribution in [0.2, 0.25) is 0 Å². The molecule has 3 heterocycles. The van der Waals surface area contributed by atoms with Crippen molar-refractivity contribution in [1.82, 2.24) is 9.80 Å². The standard InChI is InChI=1S/C15H22N4O4/c1-7(20)12-10-4-9(13(15(22)23)19(10)14(12)21)8-2-3-18(6-8)11(17)5-16/h7-8,10,12,17,20H,2-6,16H2,1H3,(H,22,23)/t7-,8-,10-,12-/m1/s1. The highest BCUT2D eigenvalue weighted by Crippen LogP contribution is 2.47. The van der Waals surface area contributed by atoms with Crippen molar-refractivity contribution >= 4 is 17.7 Å². The first kappa shape index (κ1) is 15.9. The van der Waals surface area contributed by atoms with Gasteiger partial charge >= 0.3 is 5.97 Å². The van der Waals surface area contributed by atoms with E-state index in [9.17, 15) is 19.8 Å². The average Bonchev–Trinajstić information content (AvgIpc) is 3.08. The number of likely N-dealkylation sites (tertiary alicyclic amines) is 1. The predicted octanol–water partition coefficient (Wildman–Crippen LogP) is -0.806. The van der Waals surface area contributed by atoms with Crippen molar-refractivity contribution in [2.45, 2.75) is 31.9 Å². The minimum absolute atomic E-state index is 0.0149. The SMILES string of the molecule is C[C@@H](O)[C@H]1C(=O)N2C(C(=O)O)=C([C@@H]3CCN(C(=N)CN)C3)C[C@H]12. The number of nitrogens with zero attached hydrogens (tertiary/aromatic N) is 2. The van der Waals surface area contributed by atoms with Crippen molar-refractivity contribution in [2.24, 2.45) is 17.6 Å². The van der Waals surface area contributed by atoms with E-state index in [1.807, 2.05) is 4.90 Å². The maximum absolute atomic E-state index is 12.2. The second-order valence-corrected chi connectivity index (χ2v) is 6.51. The van der Waals surface area contributed by atoms with Gasteiger partial charge in [-0.15, -0.1) is 0 Å². The molecule has 3 aliphatic heterocycles. The third-order valence-corrected chi connectivity index (χ3v) is 5.22. The number of rotatable bonds is 4. The molecule has 2 saturated heterocycles. The minimum atomic E-state index is -1.09. The van der Waals surface area contributed by atoms with Gasteiger partial charge in [0.15, 0.2) is 0 Å². The van der Waals surface area contributed by atoms with Gasteiger partial charge in [0.1, 0.15) is 11.5 Å². The highest BCUT2D eigenvalue weighted by Gasteiger charge is 2.57. The number of fused-ring (bicyclic) bond motifs is 1. The average molecular weight is 322 g/mol. The number of amides is 1. The number of carbonyl (C=O) groups is 2. The van der Waals surface area contributed by atoms with E-state index < -0.39 is 18.0 Å². The number of carboxylic acids is 1. The topological polar surface area (TPSA) is 131 Å². The number of hydrogen-bond acceptors (Lipinski definition) is 5. The van der Waals surface area contributed by atoms with E-state index >= 15 is 0 Å². The van der Waals surface area contributed by atoms with Crippen LogP contribution < -0.4 is 5.73 Å². The minimum Gasteiger partial charge on any atom is -0.477 e. The summed E-state index contributed by atoms with van der Waals surface area (Å²) in [6.07, 6.45) is 0.476. The number of amidine groups is 1. The molecule has 8 heteroatoms. The summed E-state index contributed by atoms with van der Waals surface area (Å²) in [5.41, 5.74) is 6.35. The lowest BCUT2D eigenvalue weighted by atomic mass is 9.82. The molecule has 126 valence electrons. The number of nitrogens with one attached hydrogen (secondary N) is 1. The van der Waals surface area contributed by atoms with Crippen LogP contribution >= 0.6 is 0 Å². The van der Waals surface area contributed by atoms with E-state index in [0.717, 1.165) is 12.0 Å². The summed E-state index contributed by atoms with van der Waals surface area (Å²) in [5, 5.41) is 27.1. The van der Waals surface area contributed by atoms with Crippen LogP contribution in [0.5, 0.6) is 0 Å². The molecule has 23 heavy (non-hydrogen) atoms. The Bertz CT molecular complexity index is 600. The van der Waals surface area contributed by atoms with Gasteiger partial charge in [0.2, 0.25) is 5.91 Å². The molecule has 0 saturated carbocycles. The quantitative estimate of drug-likeness (QED) is 0.304. The van der Waals surface area contributed by atoms with Crippen molar-refractivity contribution < 1.29 is 19.8 Å². The Labute approximate surface area is 134 Å². The fourth-order valence-electron chi connectivity index (χ4n) is 4.09. The first-order valence-corrected chi connectivity index (χ1v) is 7.86. The number of aliphatic hydroxyl groups excluding tert-OH is 1. The van der Waals surface area contributed by atoms with Crippen molar-refractivity contribution in [2.75, 3.05) is 19.6 Å². The lowest BCUT2D eigenvalue weighted by Gasteiger charge is -2.44. The molecule has 0 aromatic carbocycles. The van der Waals surface area contributed by atoms with Crippen LogP contribution in [0.15, 0.2) is 11.3 Å². The van der Waals surface area contributed by atoms with Crippen LogP contribution in [-0.2, 0) is 9.59 Å². The summed E-state index contributed by atoms with van der Waals surface area (Å²) in [6, 6.07) is -0.244. The molecule has 0 aliphatic carbocycles. The maximum Gasteiger partial charge on any atom is 0.352 e. The largest absolute Gasteiger partial charge is 0.477 e. The van der Waals surface area contributed by atoms with Gasteiger partial charge in [0, 0.05) is 19.0 Å². The summed E-state index contributed by atoms with van der Waals surface area (Å²) in [4.78, 5) is 27.0. The molecule has 0 aromatic heterocycles. The molecule has 5 N–H and O–H groups in total. The van der Waals surface area contributed by atoms with Crippen LogP contribution in [0.4, 0.5) is 0 Å². The predicted molar refractivity (Wildman–Crippen MR) is 81.5 cm³/mol. The summed E-state index contributed by atoms with van der Waals surface area (Å²) in [7, 11) is 0. The first-order valence-electron chi connectivity index (χ1n) is 7.86. The Kier molecular flexibility index (Phi) is 3.89. The van der Waals surface area contributed by atoms with E-state index in [-0.39, 0.29) is 30.1 Å². The van der Waals surface area contributed by atoms with Gasteiger partial charge in [-0.25, -0.2) is 4.79 Å². The summed E-state index contributed by atoms with van der Waals surface area (Å²) in [6.45, 7) is 2.97. The Balaban J connectivity index is 1.83. The molecule has 0 aromatic rings. The number of aliphatic hydroxyl groups is 1. The van der Waals surface area contributed by atoms with E-state index in [1.54, 1.807) is 6.92 Å². The molecular formula is C15H22N4O4. The fourth-order valence-corrected chi connectivity index (χ4v) is 4.09. The molecule has 3 rings (SSSR count). The van der Waals surface area contributed by atoms with Gasteiger partial charge < -0.3 is 25.7 Å². The Hall–Kier alpha value is -1.93. The molecule has 2 fully saturated rings. The zero-order valence-corrected chi connectivity index (χ0v) is 13.0. The van der Waals surface area contributed by atoms with Crippen LogP contribution in [0, 0.1) is 17.2 Å². The Morgan fingerprint density at radius 3 is 2.78 bits per heavy atom. The fraction of sp³-hybridized carbons (Fsp3) is 0.667. The normalized spacial score (nSPS) is 31.3. The Morgan fingerprint density at radius 2 is 2.22 bits per heavy atom. The number of hydrogen-bond donors (Lipinski definition) is 4. The third-order valence-electron chi connectivity index (χ3n) is 5.22.